The fourth-order valence-electron chi connectivity index (χ4n) is 10.6. The maximum Gasteiger partial charge on any atom is 0.246 e. The van der Waals surface area contributed by atoms with Crippen molar-refractivity contribution in [2.75, 3.05) is 83.5 Å². The lowest BCUT2D eigenvalue weighted by Crippen LogP contribution is -2.53. The van der Waals surface area contributed by atoms with Gasteiger partial charge in [0.15, 0.2) is 11.6 Å². The molecule has 4 amide bonds. The molecule has 2 aliphatic rings. The molecule has 1 saturated carbocycles. The molecular weight excluding hydrogens is 1060 g/mol. The van der Waals surface area contributed by atoms with E-state index in [0.717, 1.165) is 28.1 Å². The van der Waals surface area contributed by atoms with E-state index < -0.39 is 35.0 Å². The molecule has 1 aliphatic carbocycles. The van der Waals surface area contributed by atoms with Crippen molar-refractivity contribution in [3.63, 3.8) is 0 Å². The van der Waals surface area contributed by atoms with E-state index in [0.29, 0.717) is 92.4 Å². The molecule has 4 aromatic carbocycles. The fraction of sp³-hybridized carbons (Fsp3) is 0.467. The van der Waals surface area contributed by atoms with E-state index in [1.54, 1.807) is 42.5 Å². The number of amides is 4. The molecule has 0 spiro atoms. The Bertz CT molecular complexity index is 3200. The van der Waals surface area contributed by atoms with Crippen molar-refractivity contribution in [2.24, 2.45) is 17.3 Å². The van der Waals surface area contributed by atoms with Gasteiger partial charge in [-0.3, -0.25) is 24.0 Å². The molecule has 426 valence electrons. The van der Waals surface area contributed by atoms with Crippen LogP contribution in [-0.4, -0.2) is 139 Å². The number of aromatic nitrogens is 3. The first-order valence-corrected chi connectivity index (χ1v) is 28.7. The van der Waals surface area contributed by atoms with Gasteiger partial charge in [-0.1, -0.05) is 87.3 Å². The van der Waals surface area contributed by atoms with Gasteiger partial charge in [0.05, 0.1) is 46.4 Å². The number of unbranched alkanes of at least 4 members (excludes halogenated alkanes) is 1. The number of benzene rings is 4. The number of thiazole rings is 1. The topological polar surface area (TPSA) is 209 Å². The Labute approximate surface area is 476 Å². The van der Waals surface area contributed by atoms with Gasteiger partial charge in [0, 0.05) is 89.1 Å². The summed E-state index contributed by atoms with van der Waals surface area (Å²) in [5.74, 6) is -1.99. The largest absolute Gasteiger partial charge is 0.508 e. The molecule has 20 heteroatoms. The number of rotatable bonds is 23. The standard InChI is InChI=1S/C60H73ClFN9O8S/c1-36(38-18-20-39(21-19-38)55-37(2)64-35-80-55)65-58(77)44-16-12-15-43(44)54(76)56(60(3,4)5)66-48(73)34-79-30-29-78-28-11-10-17-50(75)70-24-26-71(27-25-70)57-46-33-47(61)51(45-32-41(72)31-40-13-8-9-14-42(40)45)52(62)53(46)67-59(68-57)63-23-22-49(74)69(6)7/h8-9,13-14,18-21,31-33,35-36,43-44,56,72H,10-12,15-17,22-30,34H2,1-7H3,(H,65,77)(H,66,73)(H,63,67,68)/t36-,43?,44+,56+/m0/s1. The zero-order valence-corrected chi connectivity index (χ0v) is 48.3. The molecule has 6 aromatic rings. The first-order chi connectivity index (χ1) is 38.3. The van der Waals surface area contributed by atoms with Crippen LogP contribution >= 0.6 is 22.9 Å². The highest BCUT2D eigenvalue weighted by Crippen LogP contribution is 2.43. The summed E-state index contributed by atoms with van der Waals surface area (Å²) in [7, 11) is 3.34. The van der Waals surface area contributed by atoms with Gasteiger partial charge >= 0.3 is 0 Å². The van der Waals surface area contributed by atoms with E-state index in [2.05, 4.69) is 25.9 Å². The first kappa shape index (κ1) is 59.3. The van der Waals surface area contributed by atoms with Gasteiger partial charge in [0.2, 0.25) is 29.6 Å². The van der Waals surface area contributed by atoms with Gasteiger partial charge in [-0.05, 0) is 90.6 Å². The minimum atomic E-state index is -0.813. The normalized spacial score (nSPS) is 16.4. The Morgan fingerprint density at radius 2 is 1.61 bits per heavy atom. The molecular formula is C60H73ClFN9O8S. The van der Waals surface area contributed by atoms with Crippen molar-refractivity contribution in [2.45, 2.75) is 91.6 Å². The summed E-state index contributed by atoms with van der Waals surface area (Å²) in [5, 5.41) is 21.7. The molecule has 3 heterocycles. The third-order valence-corrected chi connectivity index (χ3v) is 16.3. The quantitative estimate of drug-likeness (QED) is 0.0442. The molecule has 1 saturated heterocycles. The van der Waals surface area contributed by atoms with Crippen LogP contribution in [0.1, 0.15) is 89.9 Å². The molecule has 80 heavy (non-hydrogen) atoms. The Hall–Kier alpha value is -6.80. The SMILES string of the molecule is Cc1ncsc1-c1ccc([C@H](C)NC(=O)[C@@H]2CCCC2C(=O)[C@@H](NC(=O)COCCOCCCCC(=O)N2CCN(c3nc(NCCC(=O)N(C)C)nc4c(F)c(-c5cc(O)cc6ccccc56)c(Cl)cc34)CC2)C(C)(C)C)cc1. The van der Waals surface area contributed by atoms with Crippen molar-refractivity contribution in [1.29, 1.82) is 0 Å². The summed E-state index contributed by atoms with van der Waals surface area (Å²) in [6.45, 7) is 12.0. The number of carbonyl (C=O) groups is 5. The smallest absolute Gasteiger partial charge is 0.246 e. The Balaban J connectivity index is 0.768. The average Bonchev–Trinajstić information content (AvgIpc) is 4.14. The van der Waals surface area contributed by atoms with Gasteiger partial charge in [-0.15, -0.1) is 11.3 Å². The minimum absolute atomic E-state index is 0.00476. The fourth-order valence-corrected chi connectivity index (χ4v) is 11.7. The van der Waals surface area contributed by atoms with Gasteiger partial charge in [0.1, 0.15) is 23.7 Å². The van der Waals surface area contributed by atoms with E-state index in [-0.39, 0.29) is 90.1 Å². The van der Waals surface area contributed by atoms with E-state index in [9.17, 15) is 29.1 Å². The van der Waals surface area contributed by atoms with Crippen LogP contribution in [0.4, 0.5) is 16.2 Å². The van der Waals surface area contributed by atoms with E-state index >= 15 is 4.39 Å². The van der Waals surface area contributed by atoms with Gasteiger partial charge in [-0.25, -0.2) is 14.4 Å². The molecule has 2 fully saturated rings. The van der Waals surface area contributed by atoms with Crippen molar-refractivity contribution >= 4 is 85.8 Å². The summed E-state index contributed by atoms with van der Waals surface area (Å²) in [6, 6.07) is 19.1. The number of aryl methyl sites for hydroxylation is 1. The number of phenolic OH excluding ortho intramolecular Hbond substituents is 1. The highest BCUT2D eigenvalue weighted by Gasteiger charge is 2.44. The predicted octanol–water partition coefficient (Wildman–Crippen LogP) is 9.52. The number of phenols is 1. The molecule has 0 bridgehead atoms. The van der Waals surface area contributed by atoms with E-state index in [1.165, 1.54) is 11.0 Å². The van der Waals surface area contributed by atoms with Crippen LogP contribution in [0, 0.1) is 30.0 Å². The number of nitrogens with zero attached hydrogens (tertiary/aromatic N) is 6. The number of nitrogens with one attached hydrogen (secondary N) is 3. The Morgan fingerprint density at radius 3 is 2.33 bits per heavy atom. The monoisotopic (exact) mass is 1130 g/mol. The van der Waals surface area contributed by atoms with Crippen LogP contribution < -0.4 is 20.9 Å². The number of piperazine rings is 1. The number of hydrogen-bond acceptors (Lipinski definition) is 14. The second-order valence-electron chi connectivity index (χ2n) is 22.0. The maximum atomic E-state index is 17.0. The number of halogens is 2. The van der Waals surface area contributed by atoms with Crippen molar-refractivity contribution in [3.8, 4) is 27.3 Å². The highest BCUT2D eigenvalue weighted by atomic mass is 35.5. The molecule has 4 N–H and O–H groups in total. The van der Waals surface area contributed by atoms with Crippen molar-refractivity contribution in [1.82, 2.24) is 35.4 Å². The molecule has 1 unspecified atom stereocenters. The number of ketones is 1. The first-order valence-electron chi connectivity index (χ1n) is 27.5. The Morgan fingerprint density at radius 1 is 0.887 bits per heavy atom. The van der Waals surface area contributed by atoms with Crippen LogP contribution in [0.3, 0.4) is 0 Å². The summed E-state index contributed by atoms with van der Waals surface area (Å²) in [6.07, 6.45) is 3.65. The highest BCUT2D eigenvalue weighted by molar-refractivity contribution is 7.13. The zero-order chi connectivity index (χ0) is 57.3. The summed E-state index contributed by atoms with van der Waals surface area (Å²) >= 11 is 8.50. The number of Topliss-reactive ketones (excluding diaryl/α,β-unsaturated/α-hetero) is 1. The van der Waals surface area contributed by atoms with Gasteiger partial charge in [-0.2, -0.15) is 4.98 Å². The molecule has 2 aromatic heterocycles. The van der Waals surface area contributed by atoms with Crippen LogP contribution in [0.2, 0.25) is 5.02 Å². The van der Waals surface area contributed by atoms with E-state index in [4.69, 9.17) is 26.1 Å². The number of aromatic hydroxyl groups is 1. The third-order valence-electron chi connectivity index (χ3n) is 15.0. The van der Waals surface area contributed by atoms with Crippen molar-refractivity contribution in [3.05, 3.63) is 94.3 Å². The lowest BCUT2D eigenvalue weighted by atomic mass is 9.77. The van der Waals surface area contributed by atoms with Crippen LogP contribution in [-0.2, 0) is 33.4 Å². The predicted molar refractivity (Wildman–Crippen MR) is 311 cm³/mol. The molecule has 0 radical (unpaired) electrons. The summed E-state index contributed by atoms with van der Waals surface area (Å²) in [5.41, 5.74) is 4.75. The number of ether oxygens (including phenoxy) is 2. The van der Waals surface area contributed by atoms with Crippen molar-refractivity contribution < 1.29 is 42.9 Å². The third kappa shape index (κ3) is 14.4. The minimum Gasteiger partial charge on any atom is -0.508 e. The van der Waals surface area contributed by atoms with Crippen LogP contribution in [0.15, 0.2) is 72.2 Å². The summed E-state index contributed by atoms with van der Waals surface area (Å²) < 4.78 is 28.4. The average molecular weight is 1130 g/mol. The van der Waals surface area contributed by atoms with Gasteiger partial charge in [0.25, 0.3) is 0 Å². The number of hydrogen-bond donors (Lipinski definition) is 4. The molecule has 4 atom stereocenters. The van der Waals surface area contributed by atoms with Crippen LogP contribution in [0.5, 0.6) is 5.75 Å². The molecule has 1 aliphatic heterocycles. The second-order valence-corrected chi connectivity index (χ2v) is 23.3. The lowest BCUT2D eigenvalue weighted by Gasteiger charge is -2.36. The molecule has 17 nitrogen and oxygen atoms in total. The lowest BCUT2D eigenvalue weighted by molar-refractivity contribution is -0.138. The van der Waals surface area contributed by atoms with Crippen LogP contribution in [0.25, 0.3) is 43.2 Å². The zero-order valence-electron chi connectivity index (χ0n) is 46.7. The number of fused-ring (bicyclic) bond motifs is 2. The van der Waals surface area contributed by atoms with E-state index in [1.807, 2.05) is 93.6 Å². The number of anilines is 2. The summed E-state index contributed by atoms with van der Waals surface area (Å²) in [4.78, 5) is 86.9. The number of carbonyl (C=O) groups excluding carboxylic acids is 5. The van der Waals surface area contributed by atoms with Gasteiger partial charge < -0.3 is 45.2 Å². The maximum absolute atomic E-state index is 17.0. The second kappa shape index (κ2) is 26.6. The molecule has 8 rings (SSSR count). The Kier molecular flexibility index (Phi) is 19.8.